The van der Waals surface area contributed by atoms with Crippen LogP contribution in [0.15, 0.2) is 30.3 Å². The highest BCUT2D eigenvalue weighted by Gasteiger charge is 2.27. The highest BCUT2D eigenvalue weighted by Crippen LogP contribution is 2.18. The van der Waals surface area contributed by atoms with Gasteiger partial charge in [0, 0.05) is 32.1 Å². The number of rotatable bonds is 9. The zero-order valence-corrected chi connectivity index (χ0v) is 15.0. The first-order chi connectivity index (χ1) is 12.2. The molecule has 1 fully saturated rings. The molecule has 1 aliphatic rings. The molecule has 6 nitrogen and oxygen atoms in total. The van der Waals surface area contributed by atoms with Gasteiger partial charge in [-0.05, 0) is 37.9 Å². The summed E-state index contributed by atoms with van der Waals surface area (Å²) in [5.74, 6) is 0.782. The maximum absolute atomic E-state index is 12.2. The molecule has 6 heteroatoms. The number of nitrogens with zero attached hydrogens (tertiary/aromatic N) is 1. The van der Waals surface area contributed by atoms with Gasteiger partial charge in [0.25, 0.3) is 5.91 Å². The van der Waals surface area contributed by atoms with Crippen LogP contribution in [-0.2, 0) is 9.59 Å². The number of para-hydroxylation sites is 1. The van der Waals surface area contributed by atoms with Gasteiger partial charge in [0.15, 0.2) is 6.61 Å². The lowest BCUT2D eigenvalue weighted by Crippen LogP contribution is -2.45. The fraction of sp³-hybridized carbons (Fsp3) is 0.579. The van der Waals surface area contributed by atoms with Gasteiger partial charge in [-0.2, -0.15) is 0 Å². The van der Waals surface area contributed by atoms with Crippen molar-refractivity contribution >= 4 is 11.8 Å². The summed E-state index contributed by atoms with van der Waals surface area (Å²) in [5, 5.41) is 6.23. The Labute approximate surface area is 149 Å². The molecule has 0 atom stereocenters. The lowest BCUT2D eigenvalue weighted by atomic mass is 9.96. The van der Waals surface area contributed by atoms with Crippen LogP contribution in [0.25, 0.3) is 0 Å². The smallest absolute Gasteiger partial charge is 0.260 e. The molecule has 25 heavy (non-hydrogen) atoms. The van der Waals surface area contributed by atoms with Crippen LogP contribution in [0.3, 0.4) is 0 Å². The number of carbonyl (C=O) groups is 2. The van der Waals surface area contributed by atoms with Crippen molar-refractivity contribution in [2.24, 2.45) is 5.92 Å². The molecule has 0 spiro atoms. The molecular weight excluding hydrogens is 318 g/mol. The van der Waals surface area contributed by atoms with E-state index in [1.54, 1.807) is 4.90 Å². The molecule has 2 amide bonds. The van der Waals surface area contributed by atoms with Crippen LogP contribution in [0.4, 0.5) is 0 Å². The Bertz CT molecular complexity index is 528. The van der Waals surface area contributed by atoms with Gasteiger partial charge >= 0.3 is 0 Å². The fourth-order valence-corrected chi connectivity index (χ4v) is 2.86. The number of benzene rings is 1. The first-order valence-electron chi connectivity index (χ1n) is 9.14. The van der Waals surface area contributed by atoms with Crippen LogP contribution >= 0.6 is 0 Å². The van der Waals surface area contributed by atoms with E-state index in [0.29, 0.717) is 38.2 Å². The third-order valence-corrected chi connectivity index (χ3v) is 4.35. The number of amides is 2. The normalized spacial score (nSPS) is 15.0. The van der Waals surface area contributed by atoms with Crippen molar-refractivity contribution in [1.82, 2.24) is 15.5 Å². The van der Waals surface area contributed by atoms with E-state index in [4.69, 9.17) is 4.74 Å². The summed E-state index contributed by atoms with van der Waals surface area (Å²) < 4.78 is 5.50. The number of piperidine rings is 1. The average Bonchev–Trinajstić information content (AvgIpc) is 2.66. The summed E-state index contributed by atoms with van der Waals surface area (Å²) in [7, 11) is 0. The third-order valence-electron chi connectivity index (χ3n) is 4.35. The maximum atomic E-state index is 12.2. The van der Waals surface area contributed by atoms with Crippen molar-refractivity contribution < 1.29 is 14.3 Å². The van der Waals surface area contributed by atoms with Crippen molar-refractivity contribution in [3.8, 4) is 5.75 Å². The summed E-state index contributed by atoms with van der Waals surface area (Å²) in [5.41, 5.74) is 0. The molecule has 0 aliphatic carbocycles. The van der Waals surface area contributed by atoms with E-state index in [1.807, 2.05) is 30.3 Å². The Kier molecular flexibility index (Phi) is 8.25. The second-order valence-corrected chi connectivity index (χ2v) is 6.30. The van der Waals surface area contributed by atoms with Crippen LogP contribution in [0.2, 0.25) is 0 Å². The van der Waals surface area contributed by atoms with Crippen LogP contribution < -0.4 is 15.4 Å². The first-order valence-corrected chi connectivity index (χ1v) is 9.14. The molecule has 1 aromatic rings. The summed E-state index contributed by atoms with van der Waals surface area (Å²) in [6.45, 7) is 5.82. The van der Waals surface area contributed by atoms with Crippen LogP contribution in [0.1, 0.15) is 26.2 Å². The largest absolute Gasteiger partial charge is 0.484 e. The molecule has 0 radical (unpaired) electrons. The SMILES string of the molecule is CCCNCCNC(=O)C1CCN(C(=O)COc2ccccc2)CC1. The van der Waals surface area contributed by atoms with Crippen LogP contribution in [-0.4, -0.2) is 56.0 Å². The average molecular weight is 347 g/mol. The van der Waals surface area contributed by atoms with Gasteiger partial charge in [-0.1, -0.05) is 25.1 Å². The van der Waals surface area contributed by atoms with Gasteiger partial charge in [0.05, 0.1) is 0 Å². The summed E-state index contributed by atoms with van der Waals surface area (Å²) >= 11 is 0. The molecule has 1 heterocycles. The van der Waals surface area contributed by atoms with Gasteiger partial charge in [0.2, 0.25) is 5.91 Å². The zero-order valence-electron chi connectivity index (χ0n) is 15.0. The molecule has 1 saturated heterocycles. The van der Waals surface area contributed by atoms with E-state index < -0.39 is 0 Å². The number of likely N-dealkylation sites (tertiary alicyclic amines) is 1. The highest BCUT2D eigenvalue weighted by molar-refractivity contribution is 5.80. The predicted octanol–water partition coefficient (Wildman–Crippen LogP) is 1.42. The van der Waals surface area contributed by atoms with Crippen molar-refractivity contribution in [3.63, 3.8) is 0 Å². The fourth-order valence-electron chi connectivity index (χ4n) is 2.86. The third kappa shape index (κ3) is 6.74. The van der Waals surface area contributed by atoms with Gasteiger partial charge in [-0.25, -0.2) is 0 Å². The molecule has 138 valence electrons. The number of ether oxygens (including phenoxy) is 1. The quantitative estimate of drug-likeness (QED) is 0.663. The predicted molar refractivity (Wildman–Crippen MR) is 97.4 cm³/mol. The number of nitrogens with one attached hydrogen (secondary N) is 2. The molecule has 2 rings (SSSR count). The van der Waals surface area contributed by atoms with Gasteiger partial charge in [-0.15, -0.1) is 0 Å². The van der Waals surface area contributed by atoms with Crippen LogP contribution in [0, 0.1) is 5.92 Å². The van der Waals surface area contributed by atoms with Crippen LogP contribution in [0.5, 0.6) is 5.75 Å². The number of carbonyl (C=O) groups excluding carboxylic acids is 2. The van der Waals surface area contributed by atoms with E-state index >= 15 is 0 Å². The zero-order chi connectivity index (χ0) is 17.9. The lowest BCUT2D eigenvalue weighted by molar-refractivity contribution is -0.137. The Balaban J connectivity index is 1.63. The van der Waals surface area contributed by atoms with Gasteiger partial charge in [-0.3, -0.25) is 9.59 Å². The minimum atomic E-state index is -0.0218. The summed E-state index contributed by atoms with van der Waals surface area (Å²) in [6.07, 6.45) is 2.52. The Morgan fingerprint density at radius 2 is 1.84 bits per heavy atom. The first kappa shape index (κ1) is 19.2. The van der Waals surface area contributed by atoms with Gasteiger partial charge < -0.3 is 20.3 Å². The molecular formula is C19H29N3O3. The maximum Gasteiger partial charge on any atom is 0.260 e. The molecule has 0 unspecified atom stereocenters. The second-order valence-electron chi connectivity index (χ2n) is 6.30. The Hall–Kier alpha value is -2.08. The molecule has 1 aliphatic heterocycles. The van der Waals surface area contributed by atoms with E-state index in [1.165, 1.54) is 0 Å². The van der Waals surface area contributed by atoms with E-state index in [0.717, 1.165) is 19.5 Å². The number of hydrogen-bond donors (Lipinski definition) is 2. The Morgan fingerprint density at radius 1 is 1.12 bits per heavy atom. The summed E-state index contributed by atoms with van der Waals surface area (Å²) in [4.78, 5) is 26.2. The lowest BCUT2D eigenvalue weighted by Gasteiger charge is -2.31. The topological polar surface area (TPSA) is 70.7 Å². The van der Waals surface area contributed by atoms with Crippen molar-refractivity contribution in [2.45, 2.75) is 26.2 Å². The molecule has 1 aromatic carbocycles. The van der Waals surface area contributed by atoms with Gasteiger partial charge in [0.1, 0.15) is 5.75 Å². The standard InChI is InChI=1S/C19H29N3O3/c1-2-10-20-11-12-21-19(24)16-8-13-22(14-9-16)18(23)15-25-17-6-4-3-5-7-17/h3-7,16,20H,2,8-15H2,1H3,(H,21,24). The molecule has 0 saturated carbocycles. The monoisotopic (exact) mass is 347 g/mol. The van der Waals surface area contributed by atoms with Crippen molar-refractivity contribution in [1.29, 1.82) is 0 Å². The van der Waals surface area contributed by atoms with E-state index in [-0.39, 0.29) is 24.3 Å². The van der Waals surface area contributed by atoms with E-state index in [9.17, 15) is 9.59 Å². The molecule has 2 N–H and O–H groups in total. The number of hydrogen-bond acceptors (Lipinski definition) is 4. The minimum absolute atomic E-state index is 0.00488. The second kappa shape index (κ2) is 10.7. The van der Waals surface area contributed by atoms with Crippen molar-refractivity contribution in [2.75, 3.05) is 39.3 Å². The summed E-state index contributed by atoms with van der Waals surface area (Å²) in [6, 6.07) is 9.33. The van der Waals surface area contributed by atoms with E-state index in [2.05, 4.69) is 17.6 Å². The Morgan fingerprint density at radius 3 is 2.52 bits per heavy atom. The minimum Gasteiger partial charge on any atom is -0.484 e. The van der Waals surface area contributed by atoms with Crippen molar-refractivity contribution in [3.05, 3.63) is 30.3 Å². The molecule has 0 aromatic heterocycles. The highest BCUT2D eigenvalue weighted by atomic mass is 16.5. The molecule has 0 bridgehead atoms.